The van der Waals surface area contributed by atoms with Crippen LogP contribution < -0.4 is 4.74 Å². The largest absolute Gasteiger partial charge is 0.487 e. The van der Waals surface area contributed by atoms with Gasteiger partial charge in [-0.1, -0.05) is 0 Å². The summed E-state index contributed by atoms with van der Waals surface area (Å²) >= 11 is 0. The van der Waals surface area contributed by atoms with Crippen molar-refractivity contribution in [2.24, 2.45) is 0 Å². The first kappa shape index (κ1) is 9.19. The van der Waals surface area contributed by atoms with E-state index in [4.69, 9.17) is 10.1 Å². The lowest BCUT2D eigenvalue weighted by Crippen LogP contribution is -2.35. The van der Waals surface area contributed by atoms with Gasteiger partial charge in [-0.05, 0) is 32.0 Å². The number of benzene rings is 1. The molecule has 0 atom stereocenters. The summed E-state index contributed by atoms with van der Waals surface area (Å²) in [5.41, 5.74) is 0.655. The molecule has 1 aliphatic heterocycles. The van der Waals surface area contributed by atoms with Crippen LogP contribution in [0, 0.1) is 11.2 Å². The molecule has 0 spiro atoms. The fourth-order valence-corrected chi connectivity index (χ4v) is 1.68. The Labute approximate surface area is 82.2 Å². The topological polar surface area (TPSA) is 33.1 Å². The first-order valence-electron chi connectivity index (χ1n) is 4.54. The summed E-state index contributed by atoms with van der Waals surface area (Å²) in [4.78, 5) is 0. The van der Waals surface area contributed by atoms with Crippen molar-refractivity contribution in [1.29, 1.82) is 5.41 Å². The summed E-state index contributed by atoms with van der Waals surface area (Å²) < 4.78 is 18.5. The number of rotatable bonds is 0. The number of nitrogens with one attached hydrogen (secondary N) is 1. The van der Waals surface area contributed by atoms with E-state index in [0.29, 0.717) is 23.4 Å². The highest BCUT2D eigenvalue weighted by atomic mass is 19.1. The molecule has 0 bridgehead atoms. The van der Waals surface area contributed by atoms with Crippen molar-refractivity contribution in [3.63, 3.8) is 0 Å². The molecule has 1 aromatic carbocycles. The zero-order valence-electron chi connectivity index (χ0n) is 8.23. The van der Waals surface area contributed by atoms with Gasteiger partial charge >= 0.3 is 0 Å². The van der Waals surface area contributed by atoms with Crippen LogP contribution in [0.5, 0.6) is 5.75 Å². The SMILES string of the molecule is CC1(C)CC(=N)c2cc(F)ccc2O1. The van der Waals surface area contributed by atoms with E-state index in [0.717, 1.165) is 0 Å². The summed E-state index contributed by atoms with van der Waals surface area (Å²) in [6, 6.07) is 4.29. The van der Waals surface area contributed by atoms with Gasteiger partial charge in [0.05, 0.1) is 0 Å². The van der Waals surface area contributed by atoms with Gasteiger partial charge in [-0.15, -0.1) is 0 Å². The molecule has 1 aliphatic rings. The zero-order valence-corrected chi connectivity index (χ0v) is 8.23. The number of halogens is 1. The smallest absolute Gasteiger partial charge is 0.129 e. The Morgan fingerprint density at radius 2 is 2.14 bits per heavy atom. The highest BCUT2D eigenvalue weighted by molar-refractivity contribution is 6.02. The van der Waals surface area contributed by atoms with E-state index >= 15 is 0 Å². The molecule has 74 valence electrons. The minimum absolute atomic E-state index is 0.322. The molecule has 0 aliphatic carbocycles. The lowest BCUT2D eigenvalue weighted by molar-refractivity contribution is 0.111. The Bertz CT molecular complexity index is 398. The van der Waals surface area contributed by atoms with Crippen LogP contribution in [0.15, 0.2) is 18.2 Å². The minimum Gasteiger partial charge on any atom is -0.487 e. The van der Waals surface area contributed by atoms with E-state index in [1.807, 2.05) is 13.8 Å². The van der Waals surface area contributed by atoms with E-state index in [1.165, 1.54) is 12.1 Å². The molecule has 0 fully saturated rings. The second-order valence-electron chi connectivity index (χ2n) is 4.16. The molecule has 14 heavy (non-hydrogen) atoms. The predicted molar refractivity (Wildman–Crippen MR) is 52.6 cm³/mol. The first-order chi connectivity index (χ1) is 6.48. The molecule has 0 radical (unpaired) electrons. The van der Waals surface area contributed by atoms with Crippen LogP contribution in [-0.4, -0.2) is 11.3 Å². The zero-order chi connectivity index (χ0) is 10.3. The standard InChI is InChI=1S/C11H12FNO/c1-11(2)6-9(13)8-5-7(12)3-4-10(8)14-11/h3-5,13H,6H2,1-2H3. The van der Waals surface area contributed by atoms with Crippen LogP contribution in [0.4, 0.5) is 4.39 Å². The normalized spacial score (nSPS) is 18.6. The van der Waals surface area contributed by atoms with Gasteiger partial charge in [0.15, 0.2) is 0 Å². The average Bonchev–Trinajstić information content (AvgIpc) is 2.05. The summed E-state index contributed by atoms with van der Waals surface area (Å²) in [5.74, 6) is 0.282. The lowest BCUT2D eigenvalue weighted by Gasteiger charge is -2.32. The highest BCUT2D eigenvalue weighted by Crippen LogP contribution is 2.32. The lowest BCUT2D eigenvalue weighted by atomic mass is 9.92. The third kappa shape index (κ3) is 1.50. The molecule has 2 nitrogen and oxygen atoms in total. The molecule has 1 heterocycles. The van der Waals surface area contributed by atoms with Gasteiger partial charge in [-0.25, -0.2) is 4.39 Å². The Morgan fingerprint density at radius 3 is 2.86 bits per heavy atom. The maximum absolute atomic E-state index is 12.9. The van der Waals surface area contributed by atoms with Crippen molar-refractivity contribution < 1.29 is 9.13 Å². The third-order valence-electron chi connectivity index (χ3n) is 2.26. The summed E-state index contributed by atoms with van der Waals surface area (Å²) in [6.45, 7) is 3.85. The van der Waals surface area contributed by atoms with Crippen LogP contribution >= 0.6 is 0 Å². The van der Waals surface area contributed by atoms with Gasteiger partial charge in [0.1, 0.15) is 17.2 Å². The Kier molecular flexibility index (Phi) is 1.84. The van der Waals surface area contributed by atoms with Crippen molar-refractivity contribution >= 4 is 5.71 Å². The van der Waals surface area contributed by atoms with Crippen molar-refractivity contribution in [2.45, 2.75) is 25.9 Å². The fourth-order valence-electron chi connectivity index (χ4n) is 1.68. The van der Waals surface area contributed by atoms with E-state index in [2.05, 4.69) is 0 Å². The van der Waals surface area contributed by atoms with Crippen LogP contribution in [0.25, 0.3) is 0 Å². The second kappa shape index (κ2) is 2.80. The Morgan fingerprint density at radius 1 is 1.43 bits per heavy atom. The monoisotopic (exact) mass is 193 g/mol. The van der Waals surface area contributed by atoms with E-state index in [-0.39, 0.29) is 11.4 Å². The van der Waals surface area contributed by atoms with Crippen LogP contribution in [0.3, 0.4) is 0 Å². The highest BCUT2D eigenvalue weighted by Gasteiger charge is 2.30. The Hall–Kier alpha value is -1.38. The summed E-state index contributed by atoms with van der Waals surface area (Å²) in [6.07, 6.45) is 0.517. The van der Waals surface area contributed by atoms with E-state index in [9.17, 15) is 4.39 Å². The van der Waals surface area contributed by atoms with E-state index in [1.54, 1.807) is 6.07 Å². The van der Waals surface area contributed by atoms with Crippen LogP contribution in [0.1, 0.15) is 25.8 Å². The van der Waals surface area contributed by atoms with Crippen molar-refractivity contribution in [3.05, 3.63) is 29.6 Å². The molecule has 2 rings (SSSR count). The summed E-state index contributed by atoms with van der Waals surface area (Å²) in [7, 11) is 0. The van der Waals surface area contributed by atoms with Gasteiger partial charge in [-0.2, -0.15) is 0 Å². The van der Waals surface area contributed by atoms with Gasteiger partial charge in [0.2, 0.25) is 0 Å². The summed E-state index contributed by atoms with van der Waals surface area (Å²) in [5, 5.41) is 7.78. The van der Waals surface area contributed by atoms with Gasteiger partial charge in [0, 0.05) is 17.7 Å². The molecule has 0 amide bonds. The number of hydrogen-bond acceptors (Lipinski definition) is 2. The molecule has 3 heteroatoms. The molecule has 1 aromatic rings. The first-order valence-corrected chi connectivity index (χ1v) is 4.54. The predicted octanol–water partition coefficient (Wildman–Crippen LogP) is 2.75. The maximum Gasteiger partial charge on any atom is 0.129 e. The van der Waals surface area contributed by atoms with Crippen LogP contribution in [-0.2, 0) is 0 Å². The van der Waals surface area contributed by atoms with Gasteiger partial charge < -0.3 is 10.1 Å². The molecular formula is C11H12FNO. The molecule has 0 unspecified atom stereocenters. The van der Waals surface area contributed by atoms with Gasteiger partial charge in [0.25, 0.3) is 0 Å². The Balaban J connectivity index is 2.50. The fraction of sp³-hybridized carbons (Fsp3) is 0.364. The van der Waals surface area contributed by atoms with Crippen LogP contribution in [0.2, 0.25) is 0 Å². The number of hydrogen-bond donors (Lipinski definition) is 1. The molecule has 0 saturated heterocycles. The minimum atomic E-state index is -0.359. The van der Waals surface area contributed by atoms with Crippen molar-refractivity contribution in [1.82, 2.24) is 0 Å². The third-order valence-corrected chi connectivity index (χ3v) is 2.26. The number of fused-ring (bicyclic) bond motifs is 1. The molecule has 1 N–H and O–H groups in total. The van der Waals surface area contributed by atoms with Gasteiger partial charge in [-0.3, -0.25) is 0 Å². The second-order valence-corrected chi connectivity index (χ2v) is 4.16. The molecule has 0 aromatic heterocycles. The van der Waals surface area contributed by atoms with Crippen molar-refractivity contribution in [2.75, 3.05) is 0 Å². The van der Waals surface area contributed by atoms with Crippen molar-refractivity contribution in [3.8, 4) is 5.75 Å². The molecule has 0 saturated carbocycles. The number of ether oxygens (including phenoxy) is 1. The van der Waals surface area contributed by atoms with E-state index < -0.39 is 0 Å². The quantitative estimate of drug-likeness (QED) is 0.675. The molecular weight excluding hydrogens is 181 g/mol. The maximum atomic E-state index is 12.9. The average molecular weight is 193 g/mol.